The monoisotopic (exact) mass is 270 g/mol. The molecule has 0 saturated heterocycles. The van der Waals surface area contributed by atoms with Crippen LogP contribution in [0.4, 0.5) is 17.1 Å². The molecule has 0 amide bonds. The molecule has 102 valence electrons. The van der Waals surface area contributed by atoms with Crippen LogP contribution in [-0.2, 0) is 6.42 Å². The van der Waals surface area contributed by atoms with Crippen molar-refractivity contribution >= 4 is 17.1 Å². The summed E-state index contributed by atoms with van der Waals surface area (Å²) in [4.78, 5) is 29.7. The average molecular weight is 270 g/mol. The van der Waals surface area contributed by atoms with E-state index in [9.17, 15) is 30.3 Å². The van der Waals surface area contributed by atoms with Crippen molar-refractivity contribution in [1.82, 2.24) is 0 Å². The van der Waals surface area contributed by atoms with Gasteiger partial charge < -0.3 is 5.73 Å². The number of nitro groups is 3. The standard InChI is InChI=1S/C9H10N4O6/c1-5(10)2-7-8(12(16)17)3-6(11(14)15)4-9(7)13(18)19/h3-5H,2,10H2,1H3. The van der Waals surface area contributed by atoms with E-state index >= 15 is 0 Å². The molecule has 0 fully saturated rings. The average Bonchev–Trinajstić information content (AvgIpc) is 2.27. The zero-order chi connectivity index (χ0) is 14.7. The van der Waals surface area contributed by atoms with E-state index < -0.39 is 37.9 Å². The summed E-state index contributed by atoms with van der Waals surface area (Å²) in [5, 5.41) is 32.4. The fraction of sp³-hybridized carbons (Fsp3) is 0.333. The van der Waals surface area contributed by atoms with Crippen LogP contribution < -0.4 is 5.73 Å². The highest BCUT2D eigenvalue weighted by Gasteiger charge is 2.30. The second-order valence-electron chi connectivity index (χ2n) is 3.92. The Morgan fingerprint density at radius 3 is 1.74 bits per heavy atom. The lowest BCUT2D eigenvalue weighted by Gasteiger charge is -2.06. The summed E-state index contributed by atoms with van der Waals surface area (Å²) in [6.07, 6.45) is -0.120. The largest absolute Gasteiger partial charge is 0.328 e. The van der Waals surface area contributed by atoms with Gasteiger partial charge in [-0.05, 0) is 6.92 Å². The van der Waals surface area contributed by atoms with E-state index in [1.807, 2.05) is 0 Å². The van der Waals surface area contributed by atoms with E-state index in [1.54, 1.807) is 0 Å². The summed E-state index contributed by atoms with van der Waals surface area (Å²) < 4.78 is 0. The van der Waals surface area contributed by atoms with E-state index in [1.165, 1.54) is 6.92 Å². The molecule has 0 aliphatic carbocycles. The molecule has 0 aromatic heterocycles. The number of rotatable bonds is 5. The molecule has 2 N–H and O–H groups in total. The maximum atomic E-state index is 10.9. The number of non-ortho nitro benzene ring substituents is 1. The van der Waals surface area contributed by atoms with Crippen molar-refractivity contribution in [2.45, 2.75) is 19.4 Å². The van der Waals surface area contributed by atoms with Gasteiger partial charge >= 0.3 is 0 Å². The molecule has 0 spiro atoms. The normalized spacial score (nSPS) is 11.9. The molecular weight excluding hydrogens is 260 g/mol. The van der Waals surface area contributed by atoms with Crippen LogP contribution in [0.25, 0.3) is 0 Å². The van der Waals surface area contributed by atoms with Crippen LogP contribution in [0.15, 0.2) is 12.1 Å². The highest BCUT2D eigenvalue weighted by atomic mass is 16.6. The van der Waals surface area contributed by atoms with Crippen LogP contribution >= 0.6 is 0 Å². The Morgan fingerprint density at radius 1 is 1.05 bits per heavy atom. The number of nitrogens with zero attached hydrogens (tertiary/aromatic N) is 3. The lowest BCUT2D eigenvalue weighted by molar-refractivity contribution is -0.404. The lowest BCUT2D eigenvalue weighted by atomic mass is 10.0. The molecule has 1 unspecified atom stereocenters. The van der Waals surface area contributed by atoms with Gasteiger partial charge in [0.2, 0.25) is 0 Å². The summed E-state index contributed by atoms with van der Waals surface area (Å²) in [7, 11) is 0. The van der Waals surface area contributed by atoms with Crippen molar-refractivity contribution in [3.8, 4) is 0 Å². The fourth-order valence-corrected chi connectivity index (χ4v) is 1.59. The van der Waals surface area contributed by atoms with Gasteiger partial charge in [-0.25, -0.2) is 0 Å². The van der Waals surface area contributed by atoms with Crippen LogP contribution in [-0.4, -0.2) is 20.8 Å². The highest BCUT2D eigenvalue weighted by molar-refractivity contribution is 5.60. The number of hydrogen-bond donors (Lipinski definition) is 1. The number of hydrogen-bond acceptors (Lipinski definition) is 7. The van der Waals surface area contributed by atoms with E-state index in [4.69, 9.17) is 5.73 Å². The van der Waals surface area contributed by atoms with Gasteiger partial charge in [-0.3, -0.25) is 30.3 Å². The lowest BCUT2D eigenvalue weighted by Crippen LogP contribution is -2.19. The molecule has 10 heteroatoms. The first kappa shape index (κ1) is 14.4. The Kier molecular flexibility index (Phi) is 4.07. The number of nitrogens with two attached hydrogens (primary N) is 1. The molecule has 0 aliphatic heterocycles. The molecule has 1 aromatic carbocycles. The Balaban J connectivity index is 3.60. The van der Waals surface area contributed by atoms with Gasteiger partial charge in [-0.15, -0.1) is 0 Å². The van der Waals surface area contributed by atoms with E-state index in [2.05, 4.69) is 0 Å². The highest BCUT2D eigenvalue weighted by Crippen LogP contribution is 2.34. The summed E-state index contributed by atoms with van der Waals surface area (Å²) in [5.74, 6) is 0. The SMILES string of the molecule is CC(N)Cc1c([N+](=O)[O-])cc([N+](=O)[O-])cc1[N+](=O)[O-]. The molecule has 0 radical (unpaired) electrons. The topological polar surface area (TPSA) is 155 Å². The van der Waals surface area contributed by atoms with Gasteiger partial charge in [0.15, 0.2) is 0 Å². The van der Waals surface area contributed by atoms with E-state index in [-0.39, 0.29) is 12.0 Å². The van der Waals surface area contributed by atoms with E-state index in [0.29, 0.717) is 12.1 Å². The van der Waals surface area contributed by atoms with Crippen LogP contribution in [0, 0.1) is 30.3 Å². The van der Waals surface area contributed by atoms with Crippen molar-refractivity contribution in [2.75, 3.05) is 0 Å². The molecule has 0 aliphatic rings. The Bertz CT molecular complexity index is 521. The smallest absolute Gasteiger partial charge is 0.286 e. The summed E-state index contributed by atoms with van der Waals surface area (Å²) in [5.41, 5.74) is 3.23. The quantitative estimate of drug-likeness (QED) is 0.624. The predicted octanol–water partition coefficient (Wildman–Crippen LogP) is 1.30. The zero-order valence-electron chi connectivity index (χ0n) is 9.81. The minimum absolute atomic E-state index is 0.120. The Hall–Kier alpha value is -2.62. The van der Waals surface area contributed by atoms with Gasteiger partial charge in [0, 0.05) is 12.5 Å². The van der Waals surface area contributed by atoms with Crippen molar-refractivity contribution < 1.29 is 14.8 Å². The van der Waals surface area contributed by atoms with Crippen LogP contribution in [0.2, 0.25) is 0 Å². The summed E-state index contributed by atoms with van der Waals surface area (Å²) >= 11 is 0. The molecule has 10 nitrogen and oxygen atoms in total. The van der Waals surface area contributed by atoms with E-state index in [0.717, 1.165) is 0 Å². The van der Waals surface area contributed by atoms with Crippen molar-refractivity contribution in [3.05, 3.63) is 48.0 Å². The fourth-order valence-electron chi connectivity index (χ4n) is 1.59. The molecular formula is C9H10N4O6. The third-order valence-corrected chi connectivity index (χ3v) is 2.32. The first-order valence-corrected chi connectivity index (χ1v) is 5.09. The molecule has 1 aromatic rings. The summed E-state index contributed by atoms with van der Waals surface area (Å²) in [6, 6.07) is 0.842. The second kappa shape index (κ2) is 5.35. The van der Waals surface area contributed by atoms with Crippen LogP contribution in [0.5, 0.6) is 0 Å². The molecule has 0 heterocycles. The number of benzene rings is 1. The van der Waals surface area contributed by atoms with Crippen LogP contribution in [0.3, 0.4) is 0 Å². The first-order chi connectivity index (χ1) is 8.73. The maximum Gasteiger partial charge on any atom is 0.286 e. The third kappa shape index (κ3) is 3.19. The summed E-state index contributed by atoms with van der Waals surface area (Å²) in [6.45, 7) is 1.52. The van der Waals surface area contributed by atoms with Crippen molar-refractivity contribution in [3.63, 3.8) is 0 Å². The van der Waals surface area contributed by atoms with Gasteiger partial charge in [0.1, 0.15) is 5.56 Å². The van der Waals surface area contributed by atoms with Gasteiger partial charge in [-0.1, -0.05) is 0 Å². The molecule has 19 heavy (non-hydrogen) atoms. The molecule has 0 saturated carbocycles. The van der Waals surface area contributed by atoms with Gasteiger partial charge in [0.05, 0.1) is 26.9 Å². The second-order valence-corrected chi connectivity index (χ2v) is 3.92. The minimum atomic E-state index is -0.921. The van der Waals surface area contributed by atoms with Crippen molar-refractivity contribution in [1.29, 1.82) is 0 Å². The van der Waals surface area contributed by atoms with Crippen LogP contribution in [0.1, 0.15) is 12.5 Å². The van der Waals surface area contributed by atoms with Gasteiger partial charge in [-0.2, -0.15) is 0 Å². The first-order valence-electron chi connectivity index (χ1n) is 5.09. The predicted molar refractivity (Wildman–Crippen MR) is 63.8 cm³/mol. The molecule has 1 rings (SSSR count). The number of nitro benzene ring substituents is 3. The van der Waals surface area contributed by atoms with Gasteiger partial charge in [0.25, 0.3) is 17.1 Å². The Labute approximate surface area is 106 Å². The minimum Gasteiger partial charge on any atom is -0.328 e. The third-order valence-electron chi connectivity index (χ3n) is 2.32. The van der Waals surface area contributed by atoms with Crippen molar-refractivity contribution in [2.24, 2.45) is 5.73 Å². The molecule has 1 atom stereocenters. The Morgan fingerprint density at radius 2 is 1.47 bits per heavy atom. The maximum absolute atomic E-state index is 10.9. The molecule has 0 bridgehead atoms. The zero-order valence-corrected chi connectivity index (χ0v) is 9.81.